The molecule has 1 heterocycles. The molecule has 0 amide bonds. The third kappa shape index (κ3) is 3.14. The molecule has 20 heavy (non-hydrogen) atoms. The molecule has 0 fully saturated rings. The summed E-state index contributed by atoms with van der Waals surface area (Å²) in [5.74, 6) is -0.598. The minimum atomic E-state index is -0.514. The summed E-state index contributed by atoms with van der Waals surface area (Å²) in [6.45, 7) is 1.49. The molecular formula is C14H13BrN2O3. The van der Waals surface area contributed by atoms with Gasteiger partial charge in [-0.2, -0.15) is 5.10 Å². The van der Waals surface area contributed by atoms with Gasteiger partial charge in [-0.05, 0) is 25.1 Å². The Labute approximate surface area is 124 Å². The monoisotopic (exact) mass is 336 g/mol. The second kappa shape index (κ2) is 6.00. The number of carbonyl (C=O) groups excluding carboxylic acids is 2. The van der Waals surface area contributed by atoms with Crippen LogP contribution in [0.4, 0.5) is 0 Å². The van der Waals surface area contributed by atoms with Gasteiger partial charge in [0.1, 0.15) is 12.2 Å². The van der Waals surface area contributed by atoms with Crippen molar-refractivity contribution in [2.45, 2.75) is 13.5 Å². The Morgan fingerprint density at radius 1 is 1.35 bits per heavy atom. The topological polar surface area (TPSA) is 61.2 Å². The lowest BCUT2D eigenvalue weighted by atomic mass is 10.1. The molecule has 0 aliphatic carbocycles. The Morgan fingerprint density at radius 3 is 2.70 bits per heavy atom. The number of esters is 1. The molecular weight excluding hydrogens is 324 g/mol. The van der Waals surface area contributed by atoms with E-state index in [4.69, 9.17) is 4.74 Å². The predicted molar refractivity (Wildman–Crippen MR) is 77.4 cm³/mol. The van der Waals surface area contributed by atoms with Gasteiger partial charge in [-0.15, -0.1) is 0 Å². The van der Waals surface area contributed by atoms with E-state index in [0.717, 1.165) is 10.0 Å². The van der Waals surface area contributed by atoms with Crippen LogP contribution in [0.25, 0.3) is 11.3 Å². The van der Waals surface area contributed by atoms with Crippen molar-refractivity contribution in [2.24, 2.45) is 0 Å². The van der Waals surface area contributed by atoms with Gasteiger partial charge in [0.2, 0.25) is 0 Å². The highest BCUT2D eigenvalue weighted by Gasteiger charge is 2.17. The first-order valence-corrected chi connectivity index (χ1v) is 6.72. The minimum Gasteiger partial charge on any atom is -0.464 e. The molecule has 6 heteroatoms. The molecule has 104 valence electrons. The predicted octanol–water partition coefficient (Wildman–Crippen LogP) is 2.69. The number of aromatic nitrogens is 2. The summed E-state index contributed by atoms with van der Waals surface area (Å²) in [4.78, 5) is 23.0. The highest BCUT2D eigenvalue weighted by Crippen LogP contribution is 2.23. The fraction of sp³-hybridized carbons (Fsp3) is 0.214. The van der Waals surface area contributed by atoms with Crippen LogP contribution in [-0.4, -0.2) is 28.6 Å². The van der Waals surface area contributed by atoms with Crippen molar-refractivity contribution in [3.8, 4) is 11.3 Å². The van der Waals surface area contributed by atoms with E-state index in [2.05, 4.69) is 21.0 Å². The molecule has 0 unspecified atom stereocenters. The second-order valence-electron chi connectivity index (χ2n) is 4.28. The normalized spacial score (nSPS) is 10.3. The molecule has 2 aromatic rings. The molecule has 1 aromatic carbocycles. The fourth-order valence-corrected chi connectivity index (χ4v) is 2.21. The minimum absolute atomic E-state index is 0.0401. The van der Waals surface area contributed by atoms with Gasteiger partial charge < -0.3 is 4.74 Å². The first-order chi connectivity index (χ1) is 9.51. The molecule has 0 saturated carbocycles. The van der Waals surface area contributed by atoms with E-state index >= 15 is 0 Å². The average Bonchev–Trinajstić information content (AvgIpc) is 2.81. The van der Waals surface area contributed by atoms with Crippen LogP contribution >= 0.6 is 15.9 Å². The van der Waals surface area contributed by atoms with E-state index in [-0.39, 0.29) is 18.0 Å². The van der Waals surface area contributed by atoms with Crippen LogP contribution in [0.3, 0.4) is 0 Å². The number of hydrogen-bond acceptors (Lipinski definition) is 4. The molecule has 5 nitrogen and oxygen atoms in total. The number of rotatable bonds is 4. The Bertz CT molecular complexity index is 664. The third-order valence-electron chi connectivity index (χ3n) is 2.67. The van der Waals surface area contributed by atoms with Crippen LogP contribution in [0, 0.1) is 0 Å². The third-order valence-corrected chi connectivity index (χ3v) is 3.16. The van der Waals surface area contributed by atoms with Crippen molar-refractivity contribution >= 4 is 27.7 Å². The number of carbonyl (C=O) groups is 2. The Hall–Kier alpha value is -1.95. The number of methoxy groups -OCH3 is 1. The summed E-state index contributed by atoms with van der Waals surface area (Å²) >= 11 is 3.39. The zero-order chi connectivity index (χ0) is 14.7. The van der Waals surface area contributed by atoms with Crippen LogP contribution in [0.5, 0.6) is 0 Å². The molecule has 0 atom stereocenters. The Balaban J connectivity index is 2.48. The fourth-order valence-electron chi connectivity index (χ4n) is 1.81. The molecule has 0 bridgehead atoms. The molecule has 0 N–H and O–H groups in total. The number of halogens is 1. The number of ether oxygens (including phenoxy) is 1. The lowest BCUT2D eigenvalue weighted by molar-refractivity contribution is -0.117. The quantitative estimate of drug-likeness (QED) is 0.805. The summed E-state index contributed by atoms with van der Waals surface area (Å²) in [5.41, 5.74) is 1.73. The summed E-state index contributed by atoms with van der Waals surface area (Å²) in [5, 5.41) is 4.30. The SMILES string of the molecule is COC(=O)c1cc(-c2cccc(Br)c2)nn1CC(C)=O. The summed E-state index contributed by atoms with van der Waals surface area (Å²) in [6, 6.07) is 9.17. The van der Waals surface area contributed by atoms with Crippen molar-refractivity contribution in [1.82, 2.24) is 9.78 Å². The van der Waals surface area contributed by atoms with E-state index in [0.29, 0.717) is 5.69 Å². The van der Waals surface area contributed by atoms with Gasteiger partial charge in [0.15, 0.2) is 5.78 Å². The maximum Gasteiger partial charge on any atom is 0.356 e. The largest absolute Gasteiger partial charge is 0.464 e. The highest BCUT2D eigenvalue weighted by atomic mass is 79.9. The molecule has 2 rings (SSSR count). The molecule has 0 radical (unpaired) electrons. The summed E-state index contributed by atoms with van der Waals surface area (Å²) in [6.07, 6.45) is 0. The van der Waals surface area contributed by atoms with Gasteiger partial charge in [0.25, 0.3) is 0 Å². The standard InChI is InChI=1S/C14H13BrN2O3/c1-9(18)8-17-13(14(19)20-2)7-12(16-17)10-4-3-5-11(15)6-10/h3-7H,8H2,1-2H3. The lowest BCUT2D eigenvalue weighted by Gasteiger charge is -2.02. The van der Waals surface area contributed by atoms with Gasteiger partial charge in [0, 0.05) is 10.0 Å². The Morgan fingerprint density at radius 2 is 2.10 bits per heavy atom. The van der Waals surface area contributed by atoms with Crippen LogP contribution in [0.1, 0.15) is 17.4 Å². The number of Topliss-reactive ketones (excluding diaryl/α,β-unsaturated/α-hetero) is 1. The van der Waals surface area contributed by atoms with Crippen LogP contribution in [0.15, 0.2) is 34.8 Å². The molecule has 0 spiro atoms. The Kier molecular flexibility index (Phi) is 4.34. The number of benzene rings is 1. The van der Waals surface area contributed by atoms with Crippen LogP contribution < -0.4 is 0 Å². The molecule has 1 aromatic heterocycles. The van der Waals surface area contributed by atoms with E-state index in [1.165, 1.54) is 18.7 Å². The number of ketones is 1. The number of hydrogen-bond donors (Lipinski definition) is 0. The van der Waals surface area contributed by atoms with Crippen molar-refractivity contribution in [1.29, 1.82) is 0 Å². The van der Waals surface area contributed by atoms with Crippen LogP contribution in [-0.2, 0) is 16.1 Å². The highest BCUT2D eigenvalue weighted by molar-refractivity contribution is 9.10. The van der Waals surface area contributed by atoms with Gasteiger partial charge >= 0.3 is 5.97 Å². The van der Waals surface area contributed by atoms with Gasteiger partial charge in [-0.3, -0.25) is 9.48 Å². The van der Waals surface area contributed by atoms with Crippen LogP contribution in [0.2, 0.25) is 0 Å². The van der Waals surface area contributed by atoms with Gasteiger partial charge in [0.05, 0.1) is 12.8 Å². The van der Waals surface area contributed by atoms with E-state index < -0.39 is 5.97 Å². The smallest absolute Gasteiger partial charge is 0.356 e. The summed E-state index contributed by atoms with van der Waals surface area (Å²) in [7, 11) is 1.30. The first kappa shape index (κ1) is 14.5. The lowest BCUT2D eigenvalue weighted by Crippen LogP contribution is -2.15. The average molecular weight is 337 g/mol. The first-order valence-electron chi connectivity index (χ1n) is 5.93. The van der Waals surface area contributed by atoms with Crippen molar-refractivity contribution in [3.63, 3.8) is 0 Å². The number of nitrogens with zero attached hydrogens (tertiary/aromatic N) is 2. The summed E-state index contributed by atoms with van der Waals surface area (Å²) < 4.78 is 6.99. The molecule has 0 aliphatic rings. The van der Waals surface area contributed by atoms with E-state index in [1.54, 1.807) is 6.07 Å². The van der Waals surface area contributed by atoms with Gasteiger partial charge in [-0.25, -0.2) is 4.79 Å². The van der Waals surface area contributed by atoms with Crippen molar-refractivity contribution in [3.05, 3.63) is 40.5 Å². The van der Waals surface area contributed by atoms with E-state index in [1.807, 2.05) is 24.3 Å². The van der Waals surface area contributed by atoms with Crippen molar-refractivity contribution < 1.29 is 14.3 Å². The second-order valence-corrected chi connectivity index (χ2v) is 5.19. The van der Waals surface area contributed by atoms with E-state index in [9.17, 15) is 9.59 Å². The zero-order valence-corrected chi connectivity index (χ0v) is 12.7. The van der Waals surface area contributed by atoms with Crippen molar-refractivity contribution in [2.75, 3.05) is 7.11 Å². The zero-order valence-electron chi connectivity index (χ0n) is 11.1. The molecule has 0 saturated heterocycles. The maximum atomic E-state index is 11.7. The van der Waals surface area contributed by atoms with Gasteiger partial charge in [-0.1, -0.05) is 28.1 Å². The molecule has 0 aliphatic heterocycles. The maximum absolute atomic E-state index is 11.7.